The van der Waals surface area contributed by atoms with Crippen molar-refractivity contribution in [2.24, 2.45) is 4.40 Å². The standard InChI is InChI=1S/C18H15N3O3S/c22-18(19-15-8-7-13-4-1-2-5-14(13)12-15)16-6-3-9-21-10-11-25(23,24)20-17(16)21/h1-9,12H,10-11H2,(H,19,22). The van der Waals surface area contributed by atoms with Crippen LogP contribution in [0.4, 0.5) is 5.69 Å². The number of sulfonamides is 1. The summed E-state index contributed by atoms with van der Waals surface area (Å²) in [5.41, 5.74) is 0.879. The zero-order chi connectivity index (χ0) is 17.4. The van der Waals surface area contributed by atoms with E-state index in [2.05, 4.69) is 9.71 Å². The maximum absolute atomic E-state index is 12.7. The van der Waals surface area contributed by atoms with E-state index in [-0.39, 0.29) is 29.6 Å². The van der Waals surface area contributed by atoms with Crippen molar-refractivity contribution in [1.82, 2.24) is 4.90 Å². The summed E-state index contributed by atoms with van der Waals surface area (Å²) in [6, 6.07) is 13.5. The molecule has 126 valence electrons. The minimum Gasteiger partial charge on any atom is -0.331 e. The van der Waals surface area contributed by atoms with Gasteiger partial charge in [0.2, 0.25) is 0 Å². The van der Waals surface area contributed by atoms with Crippen molar-refractivity contribution in [2.45, 2.75) is 0 Å². The molecule has 0 saturated carbocycles. The fourth-order valence-corrected chi connectivity index (χ4v) is 3.84. The van der Waals surface area contributed by atoms with E-state index in [4.69, 9.17) is 0 Å². The largest absolute Gasteiger partial charge is 0.331 e. The molecule has 0 atom stereocenters. The maximum atomic E-state index is 12.7. The Morgan fingerprint density at radius 3 is 2.76 bits per heavy atom. The lowest BCUT2D eigenvalue weighted by atomic mass is 10.1. The number of benzene rings is 2. The van der Waals surface area contributed by atoms with Gasteiger partial charge in [-0.25, -0.2) is 8.42 Å². The third-order valence-corrected chi connectivity index (χ3v) is 5.26. The second-order valence-electron chi connectivity index (χ2n) is 5.83. The van der Waals surface area contributed by atoms with Gasteiger partial charge in [-0.3, -0.25) is 4.79 Å². The minimum absolute atomic E-state index is 0.0551. The Kier molecular flexibility index (Phi) is 3.65. The summed E-state index contributed by atoms with van der Waals surface area (Å²) in [6.07, 6.45) is 5.01. The number of nitrogens with one attached hydrogen (secondary N) is 1. The first-order valence-corrected chi connectivity index (χ1v) is 9.41. The van der Waals surface area contributed by atoms with Gasteiger partial charge in [0.05, 0.1) is 11.3 Å². The van der Waals surface area contributed by atoms with Gasteiger partial charge in [-0.2, -0.15) is 0 Å². The molecular weight excluding hydrogens is 338 g/mol. The Hall–Kier alpha value is -2.93. The van der Waals surface area contributed by atoms with Gasteiger partial charge in [0.25, 0.3) is 15.9 Å². The predicted octanol–water partition coefficient (Wildman–Crippen LogP) is 2.28. The molecule has 1 N–H and O–H groups in total. The molecule has 2 aromatic carbocycles. The lowest BCUT2D eigenvalue weighted by Crippen LogP contribution is -2.40. The lowest BCUT2D eigenvalue weighted by molar-refractivity contribution is -0.112. The summed E-state index contributed by atoms with van der Waals surface area (Å²) in [5.74, 6) is -0.270. The van der Waals surface area contributed by atoms with Gasteiger partial charge in [-0.15, -0.1) is 4.40 Å². The predicted molar refractivity (Wildman–Crippen MR) is 97.7 cm³/mol. The molecule has 1 amide bonds. The zero-order valence-corrected chi connectivity index (χ0v) is 14.0. The number of amidine groups is 1. The molecule has 2 aromatic rings. The normalized spacial score (nSPS) is 18.3. The second kappa shape index (κ2) is 5.86. The highest BCUT2D eigenvalue weighted by Crippen LogP contribution is 2.22. The molecule has 7 heteroatoms. The summed E-state index contributed by atoms with van der Waals surface area (Å²) in [6.45, 7) is 0.290. The molecular formula is C18H15N3O3S. The van der Waals surface area contributed by atoms with Crippen LogP contribution in [0.2, 0.25) is 0 Å². The number of carbonyl (C=O) groups excluding carboxylic acids is 1. The summed E-state index contributed by atoms with van der Waals surface area (Å²) in [4.78, 5) is 14.3. The van der Waals surface area contributed by atoms with Crippen molar-refractivity contribution in [1.29, 1.82) is 0 Å². The number of fused-ring (bicyclic) bond motifs is 2. The molecule has 0 unspecified atom stereocenters. The molecule has 0 aliphatic carbocycles. The van der Waals surface area contributed by atoms with Gasteiger partial charge in [-0.05, 0) is 35.1 Å². The molecule has 25 heavy (non-hydrogen) atoms. The Morgan fingerprint density at radius 1 is 1.12 bits per heavy atom. The van der Waals surface area contributed by atoms with Crippen molar-refractivity contribution in [2.75, 3.05) is 17.6 Å². The van der Waals surface area contributed by atoms with E-state index in [1.807, 2.05) is 42.5 Å². The Bertz CT molecular complexity index is 1070. The third-order valence-electron chi connectivity index (χ3n) is 4.11. The van der Waals surface area contributed by atoms with Crippen LogP contribution in [0, 0.1) is 0 Å². The fraction of sp³-hybridized carbons (Fsp3) is 0.111. The van der Waals surface area contributed by atoms with Crippen molar-refractivity contribution in [3.8, 4) is 0 Å². The van der Waals surface area contributed by atoms with Gasteiger partial charge in [0, 0.05) is 18.4 Å². The van der Waals surface area contributed by atoms with E-state index in [9.17, 15) is 13.2 Å². The molecule has 2 aliphatic heterocycles. The van der Waals surface area contributed by atoms with Crippen LogP contribution in [0.3, 0.4) is 0 Å². The number of hydrogen-bond acceptors (Lipinski definition) is 4. The first kappa shape index (κ1) is 15.6. The molecule has 0 spiro atoms. The van der Waals surface area contributed by atoms with E-state index >= 15 is 0 Å². The first-order chi connectivity index (χ1) is 12.0. The van der Waals surface area contributed by atoms with Gasteiger partial charge in [-0.1, -0.05) is 30.3 Å². The van der Waals surface area contributed by atoms with Crippen LogP contribution < -0.4 is 5.32 Å². The Labute approximate surface area is 145 Å². The molecule has 0 bridgehead atoms. The maximum Gasteiger partial charge on any atom is 0.259 e. The summed E-state index contributed by atoms with van der Waals surface area (Å²) in [5, 5.41) is 4.91. The number of hydrogen-bond donors (Lipinski definition) is 1. The van der Waals surface area contributed by atoms with Gasteiger partial charge < -0.3 is 10.2 Å². The number of allylic oxidation sites excluding steroid dienone is 2. The molecule has 2 aliphatic rings. The average molecular weight is 353 g/mol. The monoisotopic (exact) mass is 353 g/mol. The van der Waals surface area contributed by atoms with Gasteiger partial charge >= 0.3 is 0 Å². The van der Waals surface area contributed by atoms with Crippen molar-refractivity contribution in [3.05, 3.63) is 66.4 Å². The number of rotatable bonds is 2. The molecule has 4 rings (SSSR count). The van der Waals surface area contributed by atoms with Crippen LogP contribution in [0.1, 0.15) is 0 Å². The summed E-state index contributed by atoms with van der Waals surface area (Å²) in [7, 11) is -3.53. The molecule has 0 radical (unpaired) electrons. The topological polar surface area (TPSA) is 78.8 Å². The molecule has 2 heterocycles. The van der Waals surface area contributed by atoms with E-state index < -0.39 is 10.0 Å². The Balaban J connectivity index is 1.64. The fourth-order valence-electron chi connectivity index (χ4n) is 2.86. The highest BCUT2D eigenvalue weighted by molar-refractivity contribution is 7.90. The van der Waals surface area contributed by atoms with Crippen LogP contribution in [0.25, 0.3) is 10.8 Å². The van der Waals surface area contributed by atoms with E-state index in [1.165, 1.54) is 0 Å². The van der Waals surface area contributed by atoms with Gasteiger partial charge in [0.1, 0.15) is 0 Å². The molecule has 0 aromatic heterocycles. The zero-order valence-electron chi connectivity index (χ0n) is 13.2. The van der Waals surface area contributed by atoms with E-state index in [0.717, 1.165) is 10.8 Å². The smallest absolute Gasteiger partial charge is 0.259 e. The van der Waals surface area contributed by atoms with Crippen molar-refractivity contribution in [3.63, 3.8) is 0 Å². The number of amides is 1. The summed E-state index contributed by atoms with van der Waals surface area (Å²) >= 11 is 0. The quantitative estimate of drug-likeness (QED) is 0.898. The van der Waals surface area contributed by atoms with Crippen LogP contribution in [0.15, 0.2) is 70.8 Å². The SMILES string of the molecule is O=C(Nc1ccc2ccccc2c1)C1=CC=CN2CCS(=O)(=O)N=C12. The first-order valence-electron chi connectivity index (χ1n) is 7.80. The molecule has 0 saturated heterocycles. The third kappa shape index (κ3) is 3.06. The average Bonchev–Trinajstić information content (AvgIpc) is 2.60. The van der Waals surface area contributed by atoms with Crippen LogP contribution in [-0.2, 0) is 14.8 Å². The molecule has 6 nitrogen and oxygen atoms in total. The Morgan fingerprint density at radius 2 is 1.92 bits per heavy atom. The van der Waals surface area contributed by atoms with Gasteiger partial charge in [0.15, 0.2) is 5.84 Å². The summed E-state index contributed by atoms with van der Waals surface area (Å²) < 4.78 is 27.3. The second-order valence-corrected chi connectivity index (χ2v) is 7.59. The number of carbonyl (C=O) groups is 1. The highest BCUT2D eigenvalue weighted by atomic mass is 32.2. The van der Waals surface area contributed by atoms with Crippen LogP contribution in [-0.4, -0.2) is 37.4 Å². The van der Waals surface area contributed by atoms with Crippen molar-refractivity contribution < 1.29 is 13.2 Å². The molecule has 0 fully saturated rings. The van der Waals surface area contributed by atoms with Crippen molar-refractivity contribution >= 4 is 38.2 Å². The van der Waals surface area contributed by atoms with E-state index in [0.29, 0.717) is 5.69 Å². The van der Waals surface area contributed by atoms with Crippen LogP contribution in [0.5, 0.6) is 0 Å². The number of nitrogens with zero attached hydrogens (tertiary/aromatic N) is 2. The lowest BCUT2D eigenvalue weighted by Gasteiger charge is -2.28. The highest BCUT2D eigenvalue weighted by Gasteiger charge is 2.29. The van der Waals surface area contributed by atoms with E-state index in [1.54, 1.807) is 23.3 Å². The number of anilines is 1. The van der Waals surface area contributed by atoms with Crippen LogP contribution >= 0.6 is 0 Å². The minimum atomic E-state index is -3.53.